The third-order valence-electron chi connectivity index (χ3n) is 6.76. The van der Waals surface area contributed by atoms with Gasteiger partial charge in [0.2, 0.25) is 0 Å². The van der Waals surface area contributed by atoms with Crippen LogP contribution in [0.2, 0.25) is 0 Å². The largest absolute Gasteiger partial charge is 0.486 e. The van der Waals surface area contributed by atoms with Gasteiger partial charge in [-0.1, -0.05) is 6.92 Å². The number of hydrogen-bond donors (Lipinski definition) is 1. The molecule has 2 aromatic heterocycles. The van der Waals surface area contributed by atoms with Crippen molar-refractivity contribution >= 4 is 28.6 Å². The topological polar surface area (TPSA) is 99.9 Å². The van der Waals surface area contributed by atoms with E-state index in [1.54, 1.807) is 29.3 Å². The van der Waals surface area contributed by atoms with Crippen molar-refractivity contribution in [3.8, 4) is 22.9 Å². The summed E-state index contributed by atoms with van der Waals surface area (Å²) in [6.07, 6.45) is 2.15. The molecule has 0 bridgehead atoms. The second-order valence-corrected chi connectivity index (χ2v) is 9.33. The summed E-state index contributed by atoms with van der Waals surface area (Å²) in [5, 5.41) is 12.0. The van der Waals surface area contributed by atoms with Crippen LogP contribution in [0.1, 0.15) is 35.6 Å². The van der Waals surface area contributed by atoms with E-state index in [1.807, 2.05) is 18.4 Å². The van der Waals surface area contributed by atoms with Gasteiger partial charge in [-0.05, 0) is 30.4 Å². The first-order valence-corrected chi connectivity index (χ1v) is 12.3. The molecule has 3 aromatic rings. The molecule has 0 amide bonds. The fourth-order valence-corrected chi connectivity index (χ4v) is 5.63. The Kier molecular flexibility index (Phi) is 4.50. The highest BCUT2D eigenvalue weighted by atomic mass is 32.2. The predicted molar refractivity (Wildman–Crippen MR) is 123 cm³/mol. The van der Waals surface area contributed by atoms with E-state index in [9.17, 15) is 14.7 Å². The van der Waals surface area contributed by atoms with Gasteiger partial charge in [0.05, 0.1) is 29.0 Å². The fourth-order valence-electron chi connectivity index (χ4n) is 5.01. The van der Waals surface area contributed by atoms with Crippen LogP contribution in [0.15, 0.2) is 23.0 Å². The third kappa shape index (κ3) is 2.78. The lowest BCUT2D eigenvalue weighted by molar-refractivity contribution is -0.172. The Hall–Kier alpha value is -3.04. The standard InChI is InChI=1S/C24H22N2O6S/c1-3-24(29)16-7-18-21-13(9-26(18)22(27)14(16)10-32-23(24)28)15(11-33-2)12-6-19-20(8-17(12)25-21)31-5-4-30-19/h6-8,29H,3-5,9-11H2,1-2H3/t24-/m0/s1. The van der Waals surface area contributed by atoms with E-state index in [0.29, 0.717) is 53.8 Å². The molecule has 3 aliphatic heterocycles. The minimum absolute atomic E-state index is 0.112. The zero-order valence-electron chi connectivity index (χ0n) is 18.3. The molecule has 1 N–H and O–H groups in total. The molecule has 0 aliphatic carbocycles. The van der Waals surface area contributed by atoms with Crippen LogP contribution in [0.5, 0.6) is 11.5 Å². The van der Waals surface area contributed by atoms with Crippen LogP contribution in [0.25, 0.3) is 22.3 Å². The molecule has 8 nitrogen and oxygen atoms in total. The number of fused-ring (bicyclic) bond motifs is 6. The normalized spacial score (nSPS) is 20.3. The van der Waals surface area contributed by atoms with Crippen molar-refractivity contribution in [1.82, 2.24) is 9.55 Å². The summed E-state index contributed by atoms with van der Waals surface area (Å²) in [5.41, 5.74) is 2.67. The van der Waals surface area contributed by atoms with E-state index in [4.69, 9.17) is 19.2 Å². The van der Waals surface area contributed by atoms with Crippen LogP contribution < -0.4 is 15.0 Å². The number of esters is 1. The average Bonchev–Trinajstić information content (AvgIpc) is 3.19. The number of benzene rings is 1. The molecular weight excluding hydrogens is 444 g/mol. The number of hydrogen-bond acceptors (Lipinski definition) is 8. The van der Waals surface area contributed by atoms with Gasteiger partial charge >= 0.3 is 5.97 Å². The maximum Gasteiger partial charge on any atom is 0.343 e. The lowest BCUT2D eigenvalue weighted by Gasteiger charge is -2.31. The van der Waals surface area contributed by atoms with E-state index < -0.39 is 11.6 Å². The van der Waals surface area contributed by atoms with Gasteiger partial charge in [-0.3, -0.25) is 4.79 Å². The van der Waals surface area contributed by atoms with Gasteiger partial charge in [-0.15, -0.1) is 0 Å². The Morgan fingerprint density at radius 1 is 1.12 bits per heavy atom. The Morgan fingerprint density at radius 3 is 2.61 bits per heavy atom. The van der Waals surface area contributed by atoms with Crippen molar-refractivity contribution in [2.24, 2.45) is 0 Å². The van der Waals surface area contributed by atoms with Crippen LogP contribution in [-0.2, 0) is 34.0 Å². The van der Waals surface area contributed by atoms with E-state index in [1.165, 1.54) is 0 Å². The quantitative estimate of drug-likeness (QED) is 0.460. The number of rotatable bonds is 3. The monoisotopic (exact) mass is 466 g/mol. The summed E-state index contributed by atoms with van der Waals surface area (Å²) in [7, 11) is 0. The molecular formula is C24H22N2O6S. The van der Waals surface area contributed by atoms with Gasteiger partial charge in [0.15, 0.2) is 17.1 Å². The number of pyridine rings is 2. The Balaban J connectivity index is 1.63. The van der Waals surface area contributed by atoms with E-state index >= 15 is 0 Å². The van der Waals surface area contributed by atoms with Gasteiger partial charge in [-0.2, -0.15) is 11.8 Å². The van der Waals surface area contributed by atoms with Crippen molar-refractivity contribution in [3.05, 3.63) is 50.8 Å². The highest BCUT2D eigenvalue weighted by Gasteiger charge is 2.45. The van der Waals surface area contributed by atoms with Crippen LogP contribution in [0.4, 0.5) is 0 Å². The van der Waals surface area contributed by atoms with Crippen molar-refractivity contribution < 1.29 is 24.1 Å². The molecule has 0 fully saturated rings. The lowest BCUT2D eigenvalue weighted by Crippen LogP contribution is -2.44. The van der Waals surface area contributed by atoms with Gasteiger partial charge in [0.1, 0.15) is 19.8 Å². The summed E-state index contributed by atoms with van der Waals surface area (Å²) in [5.74, 6) is 1.37. The summed E-state index contributed by atoms with van der Waals surface area (Å²) >= 11 is 1.69. The number of aliphatic hydroxyl groups is 1. The molecule has 5 heterocycles. The maximum atomic E-state index is 13.4. The minimum atomic E-state index is -1.84. The van der Waals surface area contributed by atoms with Crippen LogP contribution >= 0.6 is 11.8 Å². The number of ether oxygens (including phenoxy) is 3. The van der Waals surface area contributed by atoms with Crippen LogP contribution in [-0.4, -0.2) is 40.1 Å². The van der Waals surface area contributed by atoms with Crippen molar-refractivity contribution in [2.45, 2.75) is 37.9 Å². The molecule has 170 valence electrons. The Bertz CT molecular complexity index is 1410. The number of nitrogens with zero attached hydrogens (tertiary/aromatic N) is 2. The van der Waals surface area contributed by atoms with Gasteiger partial charge in [0, 0.05) is 28.3 Å². The molecule has 0 saturated carbocycles. The summed E-state index contributed by atoms with van der Waals surface area (Å²) in [6.45, 7) is 2.92. The maximum absolute atomic E-state index is 13.4. The minimum Gasteiger partial charge on any atom is -0.486 e. The first-order valence-electron chi connectivity index (χ1n) is 10.9. The smallest absolute Gasteiger partial charge is 0.343 e. The van der Waals surface area contributed by atoms with Crippen molar-refractivity contribution in [2.75, 3.05) is 19.5 Å². The average molecular weight is 467 g/mol. The summed E-state index contributed by atoms with van der Waals surface area (Å²) < 4.78 is 18.4. The molecule has 0 saturated heterocycles. The molecule has 9 heteroatoms. The second-order valence-electron chi connectivity index (χ2n) is 8.47. The van der Waals surface area contributed by atoms with E-state index in [2.05, 4.69) is 0 Å². The summed E-state index contributed by atoms with van der Waals surface area (Å²) in [4.78, 5) is 30.8. The molecule has 0 unspecified atom stereocenters. The van der Waals surface area contributed by atoms with Gasteiger partial charge < -0.3 is 23.9 Å². The lowest BCUT2D eigenvalue weighted by atomic mass is 9.86. The number of cyclic esters (lactones) is 1. The highest BCUT2D eigenvalue weighted by molar-refractivity contribution is 7.97. The van der Waals surface area contributed by atoms with E-state index in [0.717, 1.165) is 27.8 Å². The van der Waals surface area contributed by atoms with Crippen molar-refractivity contribution in [3.63, 3.8) is 0 Å². The molecule has 0 radical (unpaired) electrons. The molecule has 6 rings (SSSR count). The Labute approximate surface area is 193 Å². The molecule has 33 heavy (non-hydrogen) atoms. The fraction of sp³-hybridized carbons (Fsp3) is 0.375. The highest BCUT2D eigenvalue weighted by Crippen LogP contribution is 2.43. The molecule has 1 aromatic carbocycles. The Morgan fingerprint density at radius 2 is 1.88 bits per heavy atom. The molecule has 1 atom stereocenters. The number of carbonyl (C=O) groups is 1. The number of aromatic nitrogens is 2. The van der Waals surface area contributed by atoms with Crippen LogP contribution in [0, 0.1) is 0 Å². The number of carbonyl (C=O) groups excluding carboxylic acids is 1. The SMILES string of the molecule is CC[C@@]1(O)C(=O)OCc2c1cc1n(c2=O)Cc2c-1nc1cc3c(cc1c2CSC)OCCO3. The summed E-state index contributed by atoms with van der Waals surface area (Å²) in [6, 6.07) is 5.60. The zero-order chi connectivity index (χ0) is 22.9. The number of thioether (sulfide) groups is 1. The van der Waals surface area contributed by atoms with E-state index in [-0.39, 0.29) is 18.6 Å². The van der Waals surface area contributed by atoms with Crippen molar-refractivity contribution in [1.29, 1.82) is 0 Å². The molecule has 3 aliphatic rings. The predicted octanol–water partition coefficient (Wildman–Crippen LogP) is 2.71. The first kappa shape index (κ1) is 20.6. The zero-order valence-corrected chi connectivity index (χ0v) is 19.1. The first-order chi connectivity index (χ1) is 16.0. The van der Waals surface area contributed by atoms with Gasteiger partial charge in [-0.25, -0.2) is 9.78 Å². The second kappa shape index (κ2) is 7.23. The van der Waals surface area contributed by atoms with Gasteiger partial charge in [0.25, 0.3) is 5.56 Å². The van der Waals surface area contributed by atoms with Crippen LogP contribution in [0.3, 0.4) is 0 Å². The third-order valence-corrected chi connectivity index (χ3v) is 7.34. The molecule has 0 spiro atoms.